The molecule has 1 N–H and O–H groups in total. The molecule has 1 aliphatic heterocycles. The van der Waals surface area contributed by atoms with Gasteiger partial charge in [-0.3, -0.25) is 9.59 Å². The number of amides is 2. The fraction of sp³-hybridized carbons (Fsp3) is 0.500. The van der Waals surface area contributed by atoms with Crippen LogP contribution in [0.3, 0.4) is 0 Å². The second-order valence-electron chi connectivity index (χ2n) is 5.38. The van der Waals surface area contributed by atoms with Crippen LogP contribution >= 0.6 is 11.6 Å². The number of hydrogen-bond donors (Lipinski definition) is 1. The van der Waals surface area contributed by atoms with Crippen molar-refractivity contribution in [1.29, 1.82) is 0 Å². The normalized spacial score (nSPS) is 18.1. The van der Waals surface area contributed by atoms with E-state index in [1.165, 1.54) is 0 Å². The monoisotopic (exact) mass is 324 g/mol. The lowest BCUT2D eigenvalue weighted by molar-refractivity contribution is -0.126. The smallest absolute Gasteiger partial charge is 0.253 e. The van der Waals surface area contributed by atoms with Crippen LogP contribution in [0.15, 0.2) is 24.3 Å². The molecule has 0 aliphatic carbocycles. The summed E-state index contributed by atoms with van der Waals surface area (Å²) in [7, 11) is 1.60. The zero-order valence-corrected chi connectivity index (χ0v) is 13.4. The van der Waals surface area contributed by atoms with E-state index in [1.807, 2.05) is 0 Å². The van der Waals surface area contributed by atoms with Crippen LogP contribution in [-0.4, -0.2) is 50.1 Å². The molecule has 1 aromatic carbocycles. The van der Waals surface area contributed by atoms with Gasteiger partial charge < -0.3 is 15.0 Å². The highest BCUT2D eigenvalue weighted by molar-refractivity contribution is 6.30. The highest BCUT2D eigenvalue weighted by Gasteiger charge is 2.28. The number of nitrogens with one attached hydrogen (secondary N) is 1. The van der Waals surface area contributed by atoms with Crippen molar-refractivity contribution in [2.24, 2.45) is 5.92 Å². The van der Waals surface area contributed by atoms with E-state index in [-0.39, 0.29) is 17.7 Å². The van der Waals surface area contributed by atoms with Crippen molar-refractivity contribution in [3.05, 3.63) is 34.9 Å². The van der Waals surface area contributed by atoms with E-state index in [2.05, 4.69) is 5.32 Å². The van der Waals surface area contributed by atoms with Gasteiger partial charge in [-0.05, 0) is 37.1 Å². The third-order valence-electron chi connectivity index (χ3n) is 3.78. The zero-order chi connectivity index (χ0) is 15.9. The Morgan fingerprint density at radius 2 is 2.09 bits per heavy atom. The first-order chi connectivity index (χ1) is 10.6. The molecule has 1 heterocycles. The lowest BCUT2D eigenvalue weighted by Crippen LogP contribution is -2.45. The molecule has 0 saturated carbocycles. The number of nitrogens with zero attached hydrogens (tertiary/aromatic N) is 1. The molecular formula is C16H21ClN2O3. The minimum absolute atomic E-state index is 0.00865. The molecule has 1 saturated heterocycles. The minimum atomic E-state index is -0.151. The zero-order valence-electron chi connectivity index (χ0n) is 12.7. The summed E-state index contributed by atoms with van der Waals surface area (Å²) in [6, 6.07) is 6.83. The van der Waals surface area contributed by atoms with Crippen molar-refractivity contribution in [2.75, 3.05) is 33.4 Å². The van der Waals surface area contributed by atoms with Crippen molar-refractivity contribution in [1.82, 2.24) is 10.2 Å². The van der Waals surface area contributed by atoms with Crippen molar-refractivity contribution in [3.8, 4) is 0 Å². The Labute approximate surface area is 135 Å². The van der Waals surface area contributed by atoms with E-state index in [9.17, 15) is 9.59 Å². The van der Waals surface area contributed by atoms with Crippen molar-refractivity contribution in [2.45, 2.75) is 12.8 Å². The molecule has 22 heavy (non-hydrogen) atoms. The van der Waals surface area contributed by atoms with Crippen LogP contribution in [0.25, 0.3) is 0 Å². The van der Waals surface area contributed by atoms with Crippen LogP contribution in [0, 0.1) is 5.92 Å². The summed E-state index contributed by atoms with van der Waals surface area (Å²) in [4.78, 5) is 26.3. The standard InChI is InChI=1S/C16H21ClN2O3/c1-22-10-8-18-15(20)13-3-2-9-19(11-13)16(21)12-4-6-14(17)7-5-12/h4-7,13H,2-3,8-11H2,1H3,(H,18,20). The first-order valence-electron chi connectivity index (χ1n) is 7.43. The molecule has 1 unspecified atom stereocenters. The fourth-order valence-electron chi connectivity index (χ4n) is 2.57. The van der Waals surface area contributed by atoms with Crippen LogP contribution in [0.1, 0.15) is 23.2 Å². The maximum absolute atomic E-state index is 12.5. The molecule has 1 atom stereocenters. The van der Waals surface area contributed by atoms with Gasteiger partial charge in [-0.15, -0.1) is 0 Å². The molecule has 1 fully saturated rings. The van der Waals surface area contributed by atoms with Gasteiger partial charge in [0.15, 0.2) is 0 Å². The number of carbonyl (C=O) groups is 2. The Kier molecular flexibility index (Phi) is 6.21. The number of methoxy groups -OCH3 is 1. The summed E-state index contributed by atoms with van der Waals surface area (Å²) >= 11 is 5.84. The van der Waals surface area contributed by atoms with E-state index in [1.54, 1.807) is 36.3 Å². The van der Waals surface area contributed by atoms with Gasteiger partial charge in [0.05, 0.1) is 12.5 Å². The average Bonchev–Trinajstić information content (AvgIpc) is 2.55. The summed E-state index contributed by atoms with van der Waals surface area (Å²) in [6.07, 6.45) is 1.64. The van der Waals surface area contributed by atoms with E-state index in [0.29, 0.717) is 36.8 Å². The molecule has 1 aromatic rings. The minimum Gasteiger partial charge on any atom is -0.383 e. The van der Waals surface area contributed by atoms with Crippen LogP contribution in [0.5, 0.6) is 0 Å². The van der Waals surface area contributed by atoms with Gasteiger partial charge in [0, 0.05) is 37.3 Å². The highest BCUT2D eigenvalue weighted by Crippen LogP contribution is 2.19. The number of rotatable bonds is 5. The predicted octanol–water partition coefficient (Wildman–Crippen LogP) is 1.95. The topological polar surface area (TPSA) is 58.6 Å². The van der Waals surface area contributed by atoms with Gasteiger partial charge >= 0.3 is 0 Å². The van der Waals surface area contributed by atoms with Crippen LogP contribution < -0.4 is 5.32 Å². The van der Waals surface area contributed by atoms with E-state index in [0.717, 1.165) is 12.8 Å². The van der Waals surface area contributed by atoms with Crippen LogP contribution in [0.4, 0.5) is 0 Å². The van der Waals surface area contributed by atoms with Crippen molar-refractivity contribution < 1.29 is 14.3 Å². The van der Waals surface area contributed by atoms with Gasteiger partial charge in [-0.1, -0.05) is 11.6 Å². The van der Waals surface area contributed by atoms with Gasteiger partial charge in [0.2, 0.25) is 5.91 Å². The molecule has 2 rings (SSSR count). The number of likely N-dealkylation sites (tertiary alicyclic amines) is 1. The third kappa shape index (κ3) is 4.45. The lowest BCUT2D eigenvalue weighted by Gasteiger charge is -2.32. The molecule has 0 spiro atoms. The van der Waals surface area contributed by atoms with Crippen molar-refractivity contribution >= 4 is 23.4 Å². The molecular weight excluding hydrogens is 304 g/mol. The number of ether oxygens (including phenoxy) is 1. The van der Waals surface area contributed by atoms with Gasteiger partial charge in [0.25, 0.3) is 5.91 Å². The summed E-state index contributed by atoms with van der Waals surface area (Å²) < 4.78 is 4.92. The molecule has 2 amide bonds. The Hall–Kier alpha value is -1.59. The molecule has 5 nitrogen and oxygen atoms in total. The van der Waals surface area contributed by atoms with Crippen molar-refractivity contribution in [3.63, 3.8) is 0 Å². The molecule has 0 aromatic heterocycles. The Morgan fingerprint density at radius 1 is 1.36 bits per heavy atom. The van der Waals surface area contributed by atoms with Crippen LogP contribution in [0.2, 0.25) is 5.02 Å². The summed E-state index contributed by atoms with van der Waals surface area (Å²) in [5.74, 6) is -0.210. The van der Waals surface area contributed by atoms with Gasteiger partial charge in [-0.25, -0.2) is 0 Å². The Morgan fingerprint density at radius 3 is 2.77 bits per heavy atom. The summed E-state index contributed by atoms with van der Waals surface area (Å²) in [5.41, 5.74) is 0.602. The van der Waals surface area contributed by atoms with E-state index in [4.69, 9.17) is 16.3 Å². The Balaban J connectivity index is 1.93. The number of piperidine rings is 1. The van der Waals surface area contributed by atoms with Gasteiger partial charge in [0.1, 0.15) is 0 Å². The average molecular weight is 325 g/mol. The van der Waals surface area contributed by atoms with E-state index >= 15 is 0 Å². The molecule has 120 valence electrons. The third-order valence-corrected chi connectivity index (χ3v) is 4.03. The summed E-state index contributed by atoms with van der Waals surface area (Å²) in [5, 5.41) is 3.44. The first-order valence-corrected chi connectivity index (χ1v) is 7.81. The maximum Gasteiger partial charge on any atom is 0.253 e. The molecule has 1 aliphatic rings. The van der Waals surface area contributed by atoms with E-state index < -0.39 is 0 Å². The number of carbonyl (C=O) groups excluding carboxylic acids is 2. The summed E-state index contributed by atoms with van der Waals surface area (Å²) in [6.45, 7) is 2.13. The highest BCUT2D eigenvalue weighted by atomic mass is 35.5. The quantitative estimate of drug-likeness (QED) is 0.842. The van der Waals surface area contributed by atoms with Crippen LogP contribution in [-0.2, 0) is 9.53 Å². The molecule has 6 heteroatoms. The fourth-order valence-corrected chi connectivity index (χ4v) is 2.70. The Bertz CT molecular complexity index is 519. The second kappa shape index (κ2) is 8.15. The predicted molar refractivity (Wildman–Crippen MR) is 85.0 cm³/mol. The number of halogens is 1. The SMILES string of the molecule is COCCNC(=O)C1CCCN(C(=O)c2ccc(Cl)cc2)C1. The van der Waals surface area contributed by atoms with Gasteiger partial charge in [-0.2, -0.15) is 0 Å². The maximum atomic E-state index is 12.5. The lowest BCUT2D eigenvalue weighted by atomic mass is 9.96. The number of benzene rings is 1. The second-order valence-corrected chi connectivity index (χ2v) is 5.82. The molecule has 0 bridgehead atoms. The number of hydrogen-bond acceptors (Lipinski definition) is 3. The largest absolute Gasteiger partial charge is 0.383 e. The first kappa shape index (κ1) is 16.8. The molecule has 0 radical (unpaired) electrons.